The summed E-state index contributed by atoms with van der Waals surface area (Å²) in [6, 6.07) is 12.1. The van der Waals surface area contributed by atoms with E-state index in [-0.39, 0.29) is 0 Å². The quantitative estimate of drug-likeness (QED) is 0.695. The first-order valence-corrected chi connectivity index (χ1v) is 9.33. The summed E-state index contributed by atoms with van der Waals surface area (Å²) in [5, 5.41) is 2.94. The summed E-state index contributed by atoms with van der Waals surface area (Å²) in [5.74, 6) is 0.939. The molecule has 0 radical (unpaired) electrons. The molecule has 0 aromatic heterocycles. The van der Waals surface area contributed by atoms with Crippen molar-refractivity contribution in [2.24, 2.45) is 0 Å². The summed E-state index contributed by atoms with van der Waals surface area (Å²) in [5.41, 5.74) is 0. The molecule has 3 rings (SSSR count). The third-order valence-corrected chi connectivity index (χ3v) is 5.13. The highest BCUT2D eigenvalue weighted by molar-refractivity contribution is 6.35. The molecule has 0 spiro atoms. The molecule has 0 N–H and O–H groups in total. The van der Waals surface area contributed by atoms with Crippen LogP contribution in [0.5, 0.6) is 5.75 Å². The van der Waals surface area contributed by atoms with Crippen molar-refractivity contribution in [3.63, 3.8) is 0 Å². The molecule has 0 atom stereocenters. The Kier molecular flexibility index (Phi) is 6.36. The van der Waals surface area contributed by atoms with Gasteiger partial charge in [0.05, 0.1) is 6.61 Å². The zero-order valence-electron chi connectivity index (χ0n) is 14.5. The largest absolute Gasteiger partial charge is 0.493 e. The molecule has 3 nitrogen and oxygen atoms in total. The minimum Gasteiger partial charge on any atom is -0.493 e. The third-order valence-electron chi connectivity index (χ3n) is 4.80. The summed E-state index contributed by atoms with van der Waals surface area (Å²) in [7, 11) is 2.20. The average molecular weight is 347 g/mol. The zero-order valence-corrected chi connectivity index (χ0v) is 15.3. The number of rotatable bonds is 7. The molecular weight excluding hydrogens is 320 g/mol. The van der Waals surface area contributed by atoms with Gasteiger partial charge in [0.15, 0.2) is 0 Å². The van der Waals surface area contributed by atoms with Gasteiger partial charge in [-0.05, 0) is 45.0 Å². The predicted octanol–water partition coefficient (Wildman–Crippen LogP) is 4.29. The fourth-order valence-electron chi connectivity index (χ4n) is 3.23. The smallest absolute Gasteiger partial charge is 0.127 e. The molecular formula is C20H27ClN2O. The topological polar surface area (TPSA) is 15.7 Å². The molecule has 0 saturated carbocycles. The van der Waals surface area contributed by atoms with Crippen LogP contribution in [-0.4, -0.2) is 56.2 Å². The van der Waals surface area contributed by atoms with E-state index in [0.717, 1.165) is 34.6 Å². The number of hydrogen-bond donors (Lipinski definition) is 0. The van der Waals surface area contributed by atoms with Crippen molar-refractivity contribution in [3.8, 4) is 5.75 Å². The van der Waals surface area contributed by atoms with Gasteiger partial charge in [0.1, 0.15) is 5.75 Å². The number of unbranched alkanes of at least 4 members (excludes halogenated alkanes) is 2. The van der Waals surface area contributed by atoms with E-state index in [1.54, 1.807) is 0 Å². The van der Waals surface area contributed by atoms with Gasteiger partial charge >= 0.3 is 0 Å². The molecule has 1 aliphatic heterocycles. The lowest BCUT2D eigenvalue weighted by Gasteiger charge is -2.32. The SMILES string of the molecule is CN1CCN(CCCCCOc2ccc(Cl)c3ccccc23)CC1. The lowest BCUT2D eigenvalue weighted by molar-refractivity contribution is 0.151. The summed E-state index contributed by atoms with van der Waals surface area (Å²) in [4.78, 5) is 4.98. The molecule has 2 aromatic carbocycles. The Balaban J connectivity index is 1.39. The van der Waals surface area contributed by atoms with E-state index in [1.165, 1.54) is 45.6 Å². The Hall–Kier alpha value is -1.29. The van der Waals surface area contributed by atoms with Crippen molar-refractivity contribution in [1.29, 1.82) is 0 Å². The molecule has 1 aliphatic rings. The van der Waals surface area contributed by atoms with Crippen molar-refractivity contribution < 1.29 is 4.74 Å². The number of halogens is 1. The molecule has 130 valence electrons. The van der Waals surface area contributed by atoms with Crippen molar-refractivity contribution in [1.82, 2.24) is 9.80 Å². The molecule has 1 heterocycles. The van der Waals surface area contributed by atoms with Gasteiger partial charge in [0, 0.05) is 42.0 Å². The van der Waals surface area contributed by atoms with Gasteiger partial charge in [-0.1, -0.05) is 35.9 Å². The minimum atomic E-state index is 0.772. The van der Waals surface area contributed by atoms with Crippen LogP contribution in [-0.2, 0) is 0 Å². The van der Waals surface area contributed by atoms with Crippen LogP contribution < -0.4 is 4.74 Å². The Bertz CT molecular complexity index is 653. The van der Waals surface area contributed by atoms with Crippen molar-refractivity contribution in [3.05, 3.63) is 41.4 Å². The Morgan fingerprint density at radius 2 is 1.67 bits per heavy atom. The normalized spacial score (nSPS) is 16.6. The van der Waals surface area contributed by atoms with Crippen LogP contribution in [0.25, 0.3) is 10.8 Å². The summed E-state index contributed by atoms with van der Waals surface area (Å²) < 4.78 is 6.00. The summed E-state index contributed by atoms with van der Waals surface area (Å²) in [6.07, 6.45) is 3.58. The van der Waals surface area contributed by atoms with Gasteiger partial charge in [-0.15, -0.1) is 0 Å². The molecule has 24 heavy (non-hydrogen) atoms. The number of nitrogens with zero attached hydrogens (tertiary/aromatic N) is 2. The van der Waals surface area contributed by atoms with E-state index in [4.69, 9.17) is 16.3 Å². The Morgan fingerprint density at radius 3 is 2.46 bits per heavy atom. The van der Waals surface area contributed by atoms with Crippen molar-refractivity contribution in [2.75, 3.05) is 46.4 Å². The Morgan fingerprint density at radius 1 is 0.917 bits per heavy atom. The van der Waals surface area contributed by atoms with Crippen LogP contribution in [0.3, 0.4) is 0 Å². The standard InChI is InChI=1S/C20H27ClN2O/c1-22-12-14-23(15-13-22)11-5-2-6-16-24-20-10-9-19(21)17-7-3-4-8-18(17)20/h3-4,7-10H,2,5-6,11-16H2,1H3. The first-order chi connectivity index (χ1) is 11.7. The maximum absolute atomic E-state index is 6.25. The highest BCUT2D eigenvalue weighted by Crippen LogP contribution is 2.31. The van der Waals surface area contributed by atoms with Crippen molar-refractivity contribution in [2.45, 2.75) is 19.3 Å². The van der Waals surface area contributed by atoms with E-state index >= 15 is 0 Å². The van der Waals surface area contributed by atoms with Gasteiger partial charge in [0.25, 0.3) is 0 Å². The number of likely N-dealkylation sites (N-methyl/N-ethyl adjacent to an activating group) is 1. The number of piperazine rings is 1. The molecule has 2 aromatic rings. The van der Waals surface area contributed by atoms with Crippen LogP contribution in [0.1, 0.15) is 19.3 Å². The van der Waals surface area contributed by atoms with Crippen LogP contribution in [0, 0.1) is 0 Å². The second-order valence-electron chi connectivity index (χ2n) is 6.65. The summed E-state index contributed by atoms with van der Waals surface area (Å²) >= 11 is 6.25. The van der Waals surface area contributed by atoms with Crippen LogP contribution in [0.15, 0.2) is 36.4 Å². The van der Waals surface area contributed by atoms with Gasteiger partial charge in [-0.25, -0.2) is 0 Å². The molecule has 0 aliphatic carbocycles. The third kappa shape index (κ3) is 4.62. The molecule has 1 saturated heterocycles. The van der Waals surface area contributed by atoms with Crippen LogP contribution in [0.2, 0.25) is 5.02 Å². The number of benzene rings is 2. The lowest BCUT2D eigenvalue weighted by Crippen LogP contribution is -2.44. The molecule has 0 unspecified atom stereocenters. The maximum atomic E-state index is 6.25. The van der Waals surface area contributed by atoms with Crippen LogP contribution >= 0.6 is 11.6 Å². The number of hydrogen-bond acceptors (Lipinski definition) is 3. The van der Waals surface area contributed by atoms with E-state index in [0.29, 0.717) is 0 Å². The maximum Gasteiger partial charge on any atom is 0.127 e. The van der Waals surface area contributed by atoms with E-state index in [9.17, 15) is 0 Å². The number of ether oxygens (including phenoxy) is 1. The minimum absolute atomic E-state index is 0.772. The van der Waals surface area contributed by atoms with Crippen LogP contribution in [0.4, 0.5) is 0 Å². The first kappa shape index (κ1) is 17.5. The second kappa shape index (κ2) is 8.70. The lowest BCUT2D eigenvalue weighted by atomic mass is 10.1. The highest BCUT2D eigenvalue weighted by atomic mass is 35.5. The van der Waals surface area contributed by atoms with Gasteiger partial charge in [-0.2, -0.15) is 0 Å². The second-order valence-corrected chi connectivity index (χ2v) is 7.05. The fraction of sp³-hybridized carbons (Fsp3) is 0.500. The highest BCUT2D eigenvalue weighted by Gasteiger charge is 2.12. The fourth-order valence-corrected chi connectivity index (χ4v) is 3.46. The van der Waals surface area contributed by atoms with Crippen molar-refractivity contribution >= 4 is 22.4 Å². The Labute approximate surface area is 150 Å². The molecule has 0 amide bonds. The van der Waals surface area contributed by atoms with Gasteiger partial charge < -0.3 is 14.5 Å². The monoisotopic (exact) mass is 346 g/mol. The van der Waals surface area contributed by atoms with E-state index in [2.05, 4.69) is 22.9 Å². The predicted molar refractivity (Wildman–Crippen MR) is 102 cm³/mol. The molecule has 4 heteroatoms. The number of fused-ring (bicyclic) bond motifs is 1. The zero-order chi connectivity index (χ0) is 16.8. The summed E-state index contributed by atoms with van der Waals surface area (Å²) in [6.45, 7) is 6.82. The van der Waals surface area contributed by atoms with Gasteiger partial charge in [0.2, 0.25) is 0 Å². The van der Waals surface area contributed by atoms with Gasteiger partial charge in [-0.3, -0.25) is 0 Å². The van der Waals surface area contributed by atoms with E-state index < -0.39 is 0 Å². The average Bonchev–Trinajstić information content (AvgIpc) is 2.61. The molecule has 1 fully saturated rings. The van der Waals surface area contributed by atoms with E-state index in [1.807, 2.05) is 30.3 Å². The first-order valence-electron chi connectivity index (χ1n) is 8.95. The molecule has 0 bridgehead atoms.